The maximum atomic E-state index is 11.3. The highest BCUT2D eigenvalue weighted by Crippen LogP contribution is 2.44. The molecular weight excluding hydrogens is 310 g/mol. The van der Waals surface area contributed by atoms with E-state index < -0.39 is 11.9 Å². The van der Waals surface area contributed by atoms with E-state index >= 15 is 0 Å². The van der Waals surface area contributed by atoms with E-state index in [1.807, 2.05) is 39.8 Å². The Hall–Kier alpha value is -1.95. The summed E-state index contributed by atoms with van der Waals surface area (Å²) < 4.78 is 17.2. The lowest BCUT2D eigenvalue weighted by molar-refractivity contribution is -0.141. The second-order valence-corrected chi connectivity index (χ2v) is 5.52. The van der Waals surface area contributed by atoms with Gasteiger partial charge in [0, 0.05) is 12.1 Å². The van der Waals surface area contributed by atoms with E-state index in [4.69, 9.17) is 19.9 Å². The number of ether oxygens (including phenoxy) is 3. The molecular formula is C18H29NO5. The Balaban J connectivity index is 3.25. The van der Waals surface area contributed by atoms with Crippen LogP contribution >= 0.6 is 0 Å². The average molecular weight is 339 g/mol. The second kappa shape index (κ2) is 10.0. The number of aliphatic carboxylic acids is 1. The minimum absolute atomic E-state index is 0.0360. The summed E-state index contributed by atoms with van der Waals surface area (Å²) in [5.41, 5.74) is 6.49. The van der Waals surface area contributed by atoms with Crippen LogP contribution < -0.4 is 19.9 Å². The van der Waals surface area contributed by atoms with Crippen molar-refractivity contribution in [2.24, 2.45) is 11.7 Å². The van der Waals surface area contributed by atoms with Gasteiger partial charge < -0.3 is 25.1 Å². The average Bonchev–Trinajstić information content (AvgIpc) is 2.55. The Morgan fingerprint density at radius 2 is 1.67 bits per heavy atom. The van der Waals surface area contributed by atoms with Gasteiger partial charge >= 0.3 is 5.97 Å². The van der Waals surface area contributed by atoms with Crippen molar-refractivity contribution < 1.29 is 24.1 Å². The van der Waals surface area contributed by atoms with Gasteiger partial charge in [-0.1, -0.05) is 13.0 Å². The third-order valence-corrected chi connectivity index (χ3v) is 3.79. The van der Waals surface area contributed by atoms with Gasteiger partial charge in [-0.3, -0.25) is 4.79 Å². The van der Waals surface area contributed by atoms with Crippen molar-refractivity contribution >= 4 is 5.97 Å². The molecule has 0 aliphatic carbocycles. The summed E-state index contributed by atoms with van der Waals surface area (Å²) in [5.74, 6) is 0.331. The number of carbonyl (C=O) groups is 1. The van der Waals surface area contributed by atoms with Gasteiger partial charge in [0.2, 0.25) is 5.75 Å². The third kappa shape index (κ3) is 5.03. The molecule has 0 heterocycles. The van der Waals surface area contributed by atoms with E-state index in [0.717, 1.165) is 5.56 Å². The molecule has 1 rings (SSSR count). The number of carboxylic acids is 1. The van der Waals surface area contributed by atoms with Crippen molar-refractivity contribution in [2.75, 3.05) is 26.4 Å². The van der Waals surface area contributed by atoms with Crippen LogP contribution in [0.5, 0.6) is 17.2 Å². The molecule has 0 amide bonds. The first-order valence-electron chi connectivity index (χ1n) is 8.48. The molecule has 0 spiro atoms. The quantitative estimate of drug-likeness (QED) is 0.644. The molecule has 24 heavy (non-hydrogen) atoms. The molecule has 6 heteroatoms. The highest BCUT2D eigenvalue weighted by atomic mass is 16.5. The monoisotopic (exact) mass is 339 g/mol. The van der Waals surface area contributed by atoms with Crippen LogP contribution in [0.1, 0.15) is 45.6 Å². The van der Waals surface area contributed by atoms with E-state index in [2.05, 4.69) is 0 Å². The zero-order valence-corrected chi connectivity index (χ0v) is 15.0. The highest BCUT2D eigenvalue weighted by molar-refractivity contribution is 5.70. The smallest absolute Gasteiger partial charge is 0.307 e. The summed E-state index contributed by atoms with van der Waals surface area (Å²) >= 11 is 0. The molecule has 0 aliphatic rings. The molecule has 136 valence electrons. The molecule has 1 aromatic rings. The van der Waals surface area contributed by atoms with Crippen LogP contribution in [0.3, 0.4) is 0 Å². The lowest BCUT2D eigenvalue weighted by Gasteiger charge is -2.23. The summed E-state index contributed by atoms with van der Waals surface area (Å²) in [6.45, 7) is 9.28. The predicted molar refractivity (Wildman–Crippen MR) is 93.2 cm³/mol. The molecule has 6 nitrogen and oxygen atoms in total. The fourth-order valence-corrected chi connectivity index (χ4v) is 2.64. The van der Waals surface area contributed by atoms with Gasteiger partial charge in [-0.2, -0.15) is 0 Å². The van der Waals surface area contributed by atoms with E-state index in [-0.39, 0.29) is 12.5 Å². The molecule has 3 N–H and O–H groups in total. The summed E-state index contributed by atoms with van der Waals surface area (Å²) in [6.07, 6.45) is 0.436. The molecule has 2 atom stereocenters. The van der Waals surface area contributed by atoms with Crippen LogP contribution in [0, 0.1) is 5.92 Å². The van der Waals surface area contributed by atoms with Crippen LogP contribution in [-0.4, -0.2) is 37.4 Å². The number of hydrogen-bond acceptors (Lipinski definition) is 5. The van der Waals surface area contributed by atoms with E-state index in [1.165, 1.54) is 0 Å². The number of nitrogens with two attached hydrogens (primary N) is 1. The first kappa shape index (κ1) is 20.1. The Morgan fingerprint density at radius 3 is 2.17 bits per heavy atom. The Kier molecular flexibility index (Phi) is 8.40. The van der Waals surface area contributed by atoms with Gasteiger partial charge in [0.1, 0.15) is 0 Å². The maximum Gasteiger partial charge on any atom is 0.307 e. The third-order valence-electron chi connectivity index (χ3n) is 3.79. The van der Waals surface area contributed by atoms with E-state index in [9.17, 15) is 9.90 Å². The lowest BCUT2D eigenvalue weighted by Crippen LogP contribution is -2.25. The molecule has 2 unspecified atom stereocenters. The second-order valence-electron chi connectivity index (χ2n) is 5.52. The van der Waals surface area contributed by atoms with Gasteiger partial charge in [0.15, 0.2) is 11.5 Å². The van der Waals surface area contributed by atoms with Crippen molar-refractivity contribution in [3.63, 3.8) is 0 Å². The number of hydrogen-bond donors (Lipinski definition) is 2. The zero-order valence-electron chi connectivity index (χ0n) is 15.0. The van der Waals surface area contributed by atoms with Crippen molar-refractivity contribution in [1.29, 1.82) is 0 Å². The van der Waals surface area contributed by atoms with Crippen LogP contribution in [0.25, 0.3) is 0 Å². The molecule has 0 radical (unpaired) electrons. The standard InChI is InChI=1S/C18H29NO5/c1-5-22-15-9-8-14(12(4)10-13(11-19)18(20)21)16(23-6-2)17(15)24-7-3/h8-9,12-13H,5-7,10-11,19H2,1-4H3,(H,20,21). The number of benzene rings is 1. The van der Waals surface area contributed by atoms with Crippen LogP contribution in [0.15, 0.2) is 12.1 Å². The minimum Gasteiger partial charge on any atom is -0.490 e. The van der Waals surface area contributed by atoms with Crippen LogP contribution in [0.2, 0.25) is 0 Å². The van der Waals surface area contributed by atoms with Crippen molar-refractivity contribution in [3.8, 4) is 17.2 Å². The molecule has 0 saturated heterocycles. The van der Waals surface area contributed by atoms with Crippen molar-refractivity contribution in [1.82, 2.24) is 0 Å². The highest BCUT2D eigenvalue weighted by Gasteiger charge is 2.25. The van der Waals surface area contributed by atoms with Gasteiger partial charge in [-0.15, -0.1) is 0 Å². The van der Waals surface area contributed by atoms with Gasteiger partial charge in [0.05, 0.1) is 25.7 Å². The fourth-order valence-electron chi connectivity index (χ4n) is 2.64. The Morgan fingerprint density at radius 1 is 1.08 bits per heavy atom. The normalized spacial score (nSPS) is 13.2. The predicted octanol–water partition coefficient (Wildman–Crippen LogP) is 3.04. The fraction of sp³-hybridized carbons (Fsp3) is 0.611. The first-order chi connectivity index (χ1) is 11.5. The zero-order chi connectivity index (χ0) is 18.1. The molecule has 0 bridgehead atoms. The van der Waals surface area contributed by atoms with E-state index in [0.29, 0.717) is 43.5 Å². The minimum atomic E-state index is -0.877. The lowest BCUT2D eigenvalue weighted by atomic mass is 9.89. The van der Waals surface area contributed by atoms with Crippen LogP contribution in [-0.2, 0) is 4.79 Å². The summed E-state index contributed by atoms with van der Waals surface area (Å²) in [6, 6.07) is 3.76. The molecule has 0 fully saturated rings. The summed E-state index contributed by atoms with van der Waals surface area (Å²) in [4.78, 5) is 11.3. The molecule has 0 aromatic heterocycles. The van der Waals surface area contributed by atoms with Gasteiger partial charge in [0.25, 0.3) is 0 Å². The van der Waals surface area contributed by atoms with E-state index in [1.54, 1.807) is 0 Å². The SMILES string of the molecule is CCOc1ccc(C(C)CC(CN)C(=O)O)c(OCC)c1OCC. The Labute approximate surface area is 143 Å². The Bertz CT molecular complexity index is 532. The number of carboxylic acid groups (broad SMARTS) is 1. The van der Waals surface area contributed by atoms with Crippen molar-refractivity contribution in [3.05, 3.63) is 17.7 Å². The first-order valence-corrected chi connectivity index (χ1v) is 8.48. The molecule has 0 saturated carbocycles. The maximum absolute atomic E-state index is 11.3. The van der Waals surface area contributed by atoms with Crippen LogP contribution in [0.4, 0.5) is 0 Å². The van der Waals surface area contributed by atoms with Gasteiger partial charge in [-0.05, 0) is 39.2 Å². The van der Waals surface area contributed by atoms with Crippen molar-refractivity contribution in [2.45, 2.75) is 40.0 Å². The summed E-state index contributed by atoms with van der Waals surface area (Å²) in [5, 5.41) is 9.24. The number of rotatable bonds is 11. The molecule has 1 aromatic carbocycles. The van der Waals surface area contributed by atoms with Gasteiger partial charge in [-0.25, -0.2) is 0 Å². The molecule has 0 aliphatic heterocycles. The topological polar surface area (TPSA) is 91.0 Å². The summed E-state index contributed by atoms with van der Waals surface area (Å²) in [7, 11) is 0. The largest absolute Gasteiger partial charge is 0.490 e.